The molecular formula is C33H55NO2. The number of carbonyl (C=O) groups is 1. The van der Waals surface area contributed by atoms with E-state index in [-0.39, 0.29) is 12.3 Å². The van der Waals surface area contributed by atoms with Crippen LogP contribution in [-0.4, -0.2) is 17.6 Å². The van der Waals surface area contributed by atoms with Gasteiger partial charge in [-0.15, -0.1) is 0 Å². The van der Waals surface area contributed by atoms with Crippen LogP contribution in [0.1, 0.15) is 122 Å². The molecule has 3 unspecified atom stereocenters. The van der Waals surface area contributed by atoms with Crippen molar-refractivity contribution in [3.8, 4) is 0 Å². The van der Waals surface area contributed by atoms with E-state index < -0.39 is 5.97 Å². The Hall–Kier alpha value is -1.61. The van der Waals surface area contributed by atoms with Gasteiger partial charge < -0.3 is 10.8 Å². The van der Waals surface area contributed by atoms with Crippen molar-refractivity contribution in [3.05, 3.63) is 48.0 Å². The molecule has 3 heteroatoms. The summed E-state index contributed by atoms with van der Waals surface area (Å²) in [6.07, 6.45) is 26.5. The molecule has 0 radical (unpaired) electrons. The lowest BCUT2D eigenvalue weighted by molar-refractivity contribution is -0.138. The molecule has 1 aliphatic rings. The number of hydrogen-bond donors (Lipinski definition) is 2. The number of aliphatic carboxylic acids is 1. The maximum atomic E-state index is 11.7. The number of rotatable bonds is 20. The quantitative estimate of drug-likeness (QED) is 0.140. The van der Waals surface area contributed by atoms with Crippen LogP contribution in [0.4, 0.5) is 0 Å². The lowest BCUT2D eigenvalue weighted by Gasteiger charge is -2.28. The number of carboxylic acid groups (broad SMARTS) is 1. The number of aryl methyl sites for hydroxylation is 1. The lowest BCUT2D eigenvalue weighted by Crippen LogP contribution is -2.23. The standard InChI is InChI=1S/C33H55NO2/c1-2-3-7-14-29(18-11-5-10-17-28-15-8-4-9-16-28)21-23-31(25-26-34)32(27-33(35)36)24-22-30-19-12-6-13-20-30/h5-6,11-13,19-20,28-29,31-32H,2-4,7-10,14-18,21-27,34H2,1H3,(H,35,36). The summed E-state index contributed by atoms with van der Waals surface area (Å²) in [4.78, 5) is 11.7. The van der Waals surface area contributed by atoms with Crippen LogP contribution < -0.4 is 5.73 Å². The van der Waals surface area contributed by atoms with Gasteiger partial charge in [0, 0.05) is 6.42 Å². The Balaban J connectivity index is 1.90. The van der Waals surface area contributed by atoms with Crippen molar-refractivity contribution >= 4 is 5.97 Å². The van der Waals surface area contributed by atoms with E-state index in [1.807, 2.05) is 6.07 Å². The van der Waals surface area contributed by atoms with Crippen molar-refractivity contribution in [2.45, 2.75) is 122 Å². The van der Waals surface area contributed by atoms with E-state index in [0.717, 1.165) is 31.6 Å². The molecule has 1 fully saturated rings. The number of nitrogens with two attached hydrogens (primary N) is 1. The van der Waals surface area contributed by atoms with Gasteiger partial charge in [-0.1, -0.05) is 107 Å². The van der Waals surface area contributed by atoms with Crippen LogP contribution in [-0.2, 0) is 11.2 Å². The van der Waals surface area contributed by atoms with Crippen molar-refractivity contribution in [2.24, 2.45) is 29.4 Å². The Morgan fingerprint density at radius 1 is 0.972 bits per heavy atom. The normalized spacial score (nSPS) is 17.3. The minimum absolute atomic E-state index is 0.202. The minimum Gasteiger partial charge on any atom is -0.481 e. The first-order chi connectivity index (χ1) is 17.6. The van der Waals surface area contributed by atoms with E-state index in [1.54, 1.807) is 0 Å². The molecule has 0 heterocycles. The Labute approximate surface area is 222 Å². The highest BCUT2D eigenvalue weighted by Crippen LogP contribution is 2.32. The van der Waals surface area contributed by atoms with E-state index in [0.29, 0.717) is 18.4 Å². The van der Waals surface area contributed by atoms with Gasteiger partial charge in [-0.05, 0) is 87.1 Å². The molecule has 1 saturated carbocycles. The molecule has 36 heavy (non-hydrogen) atoms. The van der Waals surface area contributed by atoms with Gasteiger partial charge in [0.1, 0.15) is 0 Å². The fourth-order valence-corrected chi connectivity index (χ4v) is 6.28. The van der Waals surface area contributed by atoms with E-state index in [1.165, 1.54) is 89.0 Å². The predicted molar refractivity (Wildman–Crippen MR) is 154 cm³/mol. The maximum absolute atomic E-state index is 11.7. The molecule has 0 spiro atoms. The van der Waals surface area contributed by atoms with Gasteiger partial charge in [0.15, 0.2) is 0 Å². The molecule has 1 aromatic carbocycles. The first kappa shape index (κ1) is 30.6. The highest BCUT2D eigenvalue weighted by Gasteiger charge is 2.24. The molecule has 0 aliphatic heterocycles. The number of benzene rings is 1. The van der Waals surface area contributed by atoms with Crippen LogP contribution in [0.2, 0.25) is 0 Å². The average Bonchev–Trinajstić information content (AvgIpc) is 2.89. The first-order valence-corrected chi connectivity index (χ1v) is 15.2. The van der Waals surface area contributed by atoms with Crippen LogP contribution in [0, 0.1) is 23.7 Å². The number of allylic oxidation sites excluding steroid dienone is 2. The molecule has 0 aromatic heterocycles. The molecule has 3 nitrogen and oxygen atoms in total. The van der Waals surface area contributed by atoms with Crippen LogP contribution >= 0.6 is 0 Å². The van der Waals surface area contributed by atoms with Crippen LogP contribution in [0.5, 0.6) is 0 Å². The summed E-state index contributed by atoms with van der Waals surface area (Å²) in [7, 11) is 0. The molecule has 1 aliphatic carbocycles. The summed E-state index contributed by atoms with van der Waals surface area (Å²) < 4.78 is 0. The third-order valence-electron chi connectivity index (χ3n) is 8.55. The lowest BCUT2D eigenvalue weighted by atomic mass is 9.78. The van der Waals surface area contributed by atoms with Gasteiger partial charge >= 0.3 is 5.97 Å². The Bertz CT molecular complexity index is 695. The molecule has 0 saturated heterocycles. The number of unbranched alkanes of at least 4 members (excludes halogenated alkanes) is 2. The maximum Gasteiger partial charge on any atom is 0.303 e. The van der Waals surface area contributed by atoms with Crippen LogP contribution in [0.25, 0.3) is 0 Å². The number of carboxylic acids is 1. The van der Waals surface area contributed by atoms with Gasteiger partial charge in [0.2, 0.25) is 0 Å². The Morgan fingerprint density at radius 3 is 2.44 bits per heavy atom. The third-order valence-corrected chi connectivity index (χ3v) is 8.55. The zero-order valence-electron chi connectivity index (χ0n) is 23.2. The molecule has 204 valence electrons. The van der Waals surface area contributed by atoms with Crippen LogP contribution in [0.15, 0.2) is 42.5 Å². The van der Waals surface area contributed by atoms with Gasteiger partial charge in [-0.3, -0.25) is 4.79 Å². The van der Waals surface area contributed by atoms with E-state index in [2.05, 4.69) is 43.3 Å². The monoisotopic (exact) mass is 497 g/mol. The molecule has 3 N–H and O–H groups in total. The highest BCUT2D eigenvalue weighted by atomic mass is 16.4. The van der Waals surface area contributed by atoms with E-state index in [9.17, 15) is 9.90 Å². The van der Waals surface area contributed by atoms with Crippen molar-refractivity contribution < 1.29 is 9.90 Å². The predicted octanol–water partition coefficient (Wildman–Crippen LogP) is 8.96. The minimum atomic E-state index is -0.671. The molecule has 2 rings (SSSR count). The smallest absolute Gasteiger partial charge is 0.303 e. The SMILES string of the molecule is CCCCCC(CC=CCCC1CCCCC1)CCC(CCN)C(CCc1ccccc1)CC(=O)O. The zero-order valence-corrected chi connectivity index (χ0v) is 23.2. The highest BCUT2D eigenvalue weighted by molar-refractivity contribution is 5.67. The second-order valence-corrected chi connectivity index (χ2v) is 11.4. The van der Waals surface area contributed by atoms with Crippen molar-refractivity contribution in [1.82, 2.24) is 0 Å². The summed E-state index contributed by atoms with van der Waals surface area (Å²) in [5.74, 6) is 1.60. The summed E-state index contributed by atoms with van der Waals surface area (Å²) >= 11 is 0. The molecule has 0 amide bonds. The second kappa shape index (κ2) is 19.5. The van der Waals surface area contributed by atoms with Gasteiger partial charge in [-0.25, -0.2) is 0 Å². The van der Waals surface area contributed by atoms with E-state index in [4.69, 9.17) is 5.73 Å². The molecule has 0 bridgehead atoms. The van der Waals surface area contributed by atoms with Crippen molar-refractivity contribution in [3.63, 3.8) is 0 Å². The second-order valence-electron chi connectivity index (χ2n) is 11.4. The molecule has 1 aromatic rings. The van der Waals surface area contributed by atoms with E-state index >= 15 is 0 Å². The van der Waals surface area contributed by atoms with Gasteiger partial charge in [0.05, 0.1) is 0 Å². The Kier molecular flexibility index (Phi) is 16.6. The summed E-state index contributed by atoms with van der Waals surface area (Å²) in [5.41, 5.74) is 7.33. The fraction of sp³-hybridized carbons (Fsp3) is 0.727. The average molecular weight is 498 g/mol. The third kappa shape index (κ3) is 13.6. The van der Waals surface area contributed by atoms with Gasteiger partial charge in [0.25, 0.3) is 0 Å². The summed E-state index contributed by atoms with van der Waals surface area (Å²) in [5, 5.41) is 9.64. The van der Waals surface area contributed by atoms with Gasteiger partial charge in [-0.2, -0.15) is 0 Å². The van der Waals surface area contributed by atoms with Crippen molar-refractivity contribution in [1.29, 1.82) is 0 Å². The topological polar surface area (TPSA) is 63.3 Å². The number of hydrogen-bond acceptors (Lipinski definition) is 2. The van der Waals surface area contributed by atoms with Crippen LogP contribution in [0.3, 0.4) is 0 Å². The Morgan fingerprint density at radius 2 is 1.75 bits per heavy atom. The van der Waals surface area contributed by atoms with Crippen molar-refractivity contribution in [2.75, 3.05) is 6.54 Å². The first-order valence-electron chi connectivity index (χ1n) is 15.2. The molecular weight excluding hydrogens is 442 g/mol. The largest absolute Gasteiger partial charge is 0.481 e. The zero-order chi connectivity index (χ0) is 25.8. The summed E-state index contributed by atoms with van der Waals surface area (Å²) in [6.45, 7) is 2.92. The fourth-order valence-electron chi connectivity index (χ4n) is 6.28. The molecule has 3 atom stereocenters. The summed E-state index contributed by atoms with van der Waals surface area (Å²) in [6, 6.07) is 10.5.